The third-order valence-electron chi connectivity index (χ3n) is 14.4. The van der Waals surface area contributed by atoms with Crippen LogP contribution in [-0.4, -0.2) is 408 Å². The third-order valence-corrected chi connectivity index (χ3v) is 14.4. The topological polar surface area (TPSA) is 297 Å². The minimum atomic E-state index is 0.0167. The number of unbranched alkanes of at least 4 members (excludes halogenated alkanes) is 12. The van der Waals surface area contributed by atoms with Crippen molar-refractivity contribution in [3.63, 3.8) is 0 Å². The van der Waals surface area contributed by atoms with Gasteiger partial charge in [0.15, 0.2) is 0 Å². The van der Waals surface area contributed by atoms with E-state index in [2.05, 4.69) is 6.92 Å². The highest BCUT2D eigenvalue weighted by atomic mass is 16.6. The van der Waals surface area contributed by atoms with Crippen LogP contribution in [0.5, 0.6) is 0 Å². The van der Waals surface area contributed by atoms with Gasteiger partial charge in [0.1, 0.15) is 0 Å². The Kier molecular flexibility index (Phi) is 103. The highest BCUT2D eigenvalue weighted by molar-refractivity contribution is 4.51. The molecule has 0 aliphatic rings. The highest BCUT2D eigenvalue weighted by Gasteiger charge is 2.03. The van der Waals surface area contributed by atoms with E-state index in [9.17, 15) is 0 Å². The van der Waals surface area contributed by atoms with Crippen molar-refractivity contribution in [2.24, 2.45) is 0 Å². The summed E-state index contributed by atoms with van der Waals surface area (Å²) in [6, 6.07) is 0. The zero-order valence-corrected chi connectivity index (χ0v) is 66.0. The molecule has 0 aromatic rings. The lowest BCUT2D eigenvalue weighted by molar-refractivity contribution is -0.0325. The number of aliphatic hydroxyl groups excluding tert-OH is 1. The molecular formula is C75H152O31. The van der Waals surface area contributed by atoms with E-state index in [0.717, 1.165) is 13.0 Å². The van der Waals surface area contributed by atoms with Gasteiger partial charge >= 0.3 is 0 Å². The normalized spacial score (nSPS) is 11.8. The van der Waals surface area contributed by atoms with E-state index in [-0.39, 0.29) is 6.61 Å². The fraction of sp³-hybridized carbons (Fsp3) is 1.00. The molecule has 638 valence electrons. The Morgan fingerprint density at radius 2 is 0.189 bits per heavy atom. The first-order valence-electron chi connectivity index (χ1n) is 39.8. The van der Waals surface area contributed by atoms with E-state index in [4.69, 9.17) is 147 Å². The average molecular weight is 1550 g/mol. The molecule has 0 aliphatic heterocycles. The summed E-state index contributed by atoms with van der Waals surface area (Å²) in [5.74, 6) is 0. The summed E-state index contributed by atoms with van der Waals surface area (Å²) in [5.41, 5.74) is 0. The van der Waals surface area contributed by atoms with Crippen LogP contribution in [0.4, 0.5) is 0 Å². The molecule has 0 heterocycles. The van der Waals surface area contributed by atoms with E-state index in [1.54, 1.807) is 0 Å². The molecule has 0 atom stereocenters. The summed E-state index contributed by atoms with van der Waals surface area (Å²) in [6.45, 7) is 32.2. The van der Waals surface area contributed by atoms with Gasteiger partial charge in [-0.3, -0.25) is 0 Å². The van der Waals surface area contributed by atoms with Crippen LogP contribution in [-0.2, 0) is 142 Å². The first kappa shape index (κ1) is 105. The molecule has 106 heavy (non-hydrogen) atoms. The van der Waals surface area contributed by atoms with Gasteiger partial charge in [0.05, 0.1) is 396 Å². The Morgan fingerprint density at radius 3 is 0.292 bits per heavy atom. The van der Waals surface area contributed by atoms with Gasteiger partial charge in [-0.25, -0.2) is 0 Å². The molecule has 1 N–H and O–H groups in total. The number of hydrogen-bond donors (Lipinski definition) is 1. The van der Waals surface area contributed by atoms with Crippen LogP contribution in [0.2, 0.25) is 0 Å². The number of ether oxygens (including phenoxy) is 30. The molecule has 0 aromatic heterocycles. The van der Waals surface area contributed by atoms with E-state index in [1.807, 2.05) is 0 Å². The predicted octanol–water partition coefficient (Wildman–Crippen LogP) is 5.57. The van der Waals surface area contributed by atoms with Gasteiger partial charge in [0, 0.05) is 6.61 Å². The molecule has 0 radical (unpaired) electrons. The van der Waals surface area contributed by atoms with Crippen LogP contribution in [0.1, 0.15) is 90.4 Å². The minimum absolute atomic E-state index is 0.0167. The van der Waals surface area contributed by atoms with Crippen molar-refractivity contribution in [1.82, 2.24) is 0 Å². The molecule has 0 unspecified atom stereocenters. The third kappa shape index (κ3) is 103. The summed E-state index contributed by atoms with van der Waals surface area (Å²) in [6.07, 6.45) is 17.7. The fourth-order valence-electron chi connectivity index (χ4n) is 8.77. The predicted molar refractivity (Wildman–Crippen MR) is 397 cm³/mol. The Balaban J connectivity index is 3.09. The molecule has 31 heteroatoms. The van der Waals surface area contributed by atoms with Crippen LogP contribution < -0.4 is 0 Å². The number of aliphatic hydroxyl groups is 1. The van der Waals surface area contributed by atoms with E-state index < -0.39 is 0 Å². The molecule has 31 nitrogen and oxygen atoms in total. The van der Waals surface area contributed by atoms with E-state index in [1.165, 1.54) is 77.0 Å². The fourth-order valence-corrected chi connectivity index (χ4v) is 8.77. The highest BCUT2D eigenvalue weighted by Crippen LogP contribution is 2.13. The summed E-state index contributed by atoms with van der Waals surface area (Å²) >= 11 is 0. The zero-order valence-electron chi connectivity index (χ0n) is 66.0. The summed E-state index contributed by atoms with van der Waals surface area (Å²) in [5, 5.41) is 8.62. The lowest BCUT2D eigenvalue weighted by Gasteiger charge is -2.09. The van der Waals surface area contributed by atoms with Crippen molar-refractivity contribution < 1.29 is 147 Å². The van der Waals surface area contributed by atoms with E-state index >= 15 is 0 Å². The van der Waals surface area contributed by atoms with Crippen molar-refractivity contribution in [3.8, 4) is 0 Å². The largest absolute Gasteiger partial charge is 0.394 e. The maximum Gasteiger partial charge on any atom is 0.0701 e. The van der Waals surface area contributed by atoms with Gasteiger partial charge in [0.2, 0.25) is 0 Å². The Bertz CT molecular complexity index is 1370. The monoisotopic (exact) mass is 1550 g/mol. The first-order chi connectivity index (χ1) is 52.9. The van der Waals surface area contributed by atoms with Crippen molar-refractivity contribution in [1.29, 1.82) is 0 Å². The second-order valence-electron chi connectivity index (χ2n) is 23.3. The molecule has 0 spiro atoms. The molecule has 0 bridgehead atoms. The molecule has 0 rings (SSSR count). The molecule has 0 saturated heterocycles. The SMILES string of the molecule is CCCCCCCCCCCCCCCOCCOCCOCCOCCOCCOCCOCCOCCOCCOCCOCCOCCOCCOCCOCCOCCOCCOCCOCCOCCOCCOCCOCCOCCOCCOCCOCCOCCOCCOCCO. The second-order valence-corrected chi connectivity index (χ2v) is 23.3. The molecule has 0 aromatic carbocycles. The van der Waals surface area contributed by atoms with Crippen molar-refractivity contribution in [3.05, 3.63) is 0 Å². The Hall–Kier alpha value is -1.24. The Labute approximate surface area is 638 Å². The lowest BCUT2D eigenvalue weighted by atomic mass is 10.0. The second kappa shape index (κ2) is 104. The van der Waals surface area contributed by atoms with Crippen molar-refractivity contribution >= 4 is 0 Å². The van der Waals surface area contributed by atoms with Crippen LogP contribution in [0, 0.1) is 0 Å². The van der Waals surface area contributed by atoms with E-state index in [0.29, 0.717) is 390 Å². The molecule has 0 saturated carbocycles. The summed E-state index contributed by atoms with van der Waals surface area (Å²) in [4.78, 5) is 0. The molecule has 0 aliphatic carbocycles. The van der Waals surface area contributed by atoms with Crippen molar-refractivity contribution in [2.75, 3.05) is 403 Å². The maximum atomic E-state index is 8.62. The smallest absolute Gasteiger partial charge is 0.0701 e. The van der Waals surface area contributed by atoms with Crippen LogP contribution in [0.3, 0.4) is 0 Å². The summed E-state index contributed by atoms with van der Waals surface area (Å²) in [7, 11) is 0. The Morgan fingerprint density at radius 1 is 0.104 bits per heavy atom. The minimum Gasteiger partial charge on any atom is -0.394 e. The van der Waals surface area contributed by atoms with Crippen LogP contribution in [0.25, 0.3) is 0 Å². The van der Waals surface area contributed by atoms with Gasteiger partial charge in [0.25, 0.3) is 0 Å². The number of rotatable bonds is 103. The first-order valence-corrected chi connectivity index (χ1v) is 39.8. The lowest BCUT2D eigenvalue weighted by Crippen LogP contribution is -2.16. The van der Waals surface area contributed by atoms with Gasteiger partial charge in [-0.15, -0.1) is 0 Å². The van der Waals surface area contributed by atoms with Gasteiger partial charge in [-0.2, -0.15) is 0 Å². The van der Waals surface area contributed by atoms with Crippen LogP contribution >= 0.6 is 0 Å². The van der Waals surface area contributed by atoms with Crippen molar-refractivity contribution in [2.45, 2.75) is 90.4 Å². The summed E-state index contributed by atoms with van der Waals surface area (Å²) < 4.78 is 166. The maximum absolute atomic E-state index is 8.62. The van der Waals surface area contributed by atoms with Crippen LogP contribution in [0.15, 0.2) is 0 Å². The standard InChI is InChI=1S/C75H152O31/c1-2-3-4-5-6-7-8-9-10-11-12-13-14-16-77-18-20-79-22-24-81-26-28-83-30-32-85-34-36-87-38-40-89-42-44-91-46-48-93-50-52-95-54-56-97-58-60-99-62-64-101-66-68-103-70-72-105-74-75-106-73-71-104-69-67-102-65-63-100-61-59-98-57-55-96-53-51-94-49-47-92-45-43-90-41-39-88-37-35-86-33-31-84-29-27-82-25-23-80-21-19-78-17-15-76/h76H,2-75H2,1H3. The molecule has 0 amide bonds. The molecular weight excluding hydrogens is 1400 g/mol. The number of hydrogen-bond acceptors (Lipinski definition) is 31. The quantitative estimate of drug-likeness (QED) is 0.0728. The van der Waals surface area contributed by atoms with Gasteiger partial charge in [-0.05, 0) is 6.42 Å². The zero-order chi connectivity index (χ0) is 75.5. The van der Waals surface area contributed by atoms with Gasteiger partial charge in [-0.1, -0.05) is 84.0 Å². The average Bonchev–Trinajstić information content (AvgIpc) is 3.85. The van der Waals surface area contributed by atoms with Gasteiger partial charge < -0.3 is 147 Å². The molecule has 0 fully saturated rings.